The van der Waals surface area contributed by atoms with E-state index >= 15 is 0 Å². The molecule has 0 aliphatic heterocycles. The third-order valence-corrected chi connectivity index (χ3v) is 24.6. The predicted molar refractivity (Wildman–Crippen MR) is 41.9 cm³/mol. The Balaban J connectivity index is 3.82. The van der Waals surface area contributed by atoms with Gasteiger partial charge in [-0.05, 0) is 0 Å². The molecule has 0 spiro atoms. The van der Waals surface area contributed by atoms with Gasteiger partial charge < -0.3 is 0 Å². The normalized spacial score (nSPS) is 12.0. The summed E-state index contributed by atoms with van der Waals surface area (Å²) in [6.07, 6.45) is 0. The van der Waals surface area contributed by atoms with Crippen molar-refractivity contribution in [3.05, 3.63) is 0 Å². The first-order valence-corrected chi connectivity index (χ1v) is 14.4. The summed E-state index contributed by atoms with van der Waals surface area (Å²) in [5, 5.41) is 0. The van der Waals surface area contributed by atoms with E-state index in [2.05, 4.69) is 27.7 Å². The maximum absolute atomic E-state index is 2.40. The van der Waals surface area contributed by atoms with Crippen LogP contribution in [0, 0.1) is 0 Å². The van der Waals surface area contributed by atoms with Crippen molar-refractivity contribution in [3.8, 4) is 0 Å². The summed E-state index contributed by atoms with van der Waals surface area (Å²) in [7, 11) is 0. The first-order chi connectivity index (χ1) is 4.24. The van der Waals surface area contributed by atoms with E-state index in [-0.39, 0.29) is 0 Å². The minimum atomic E-state index is -1.51. The Morgan fingerprint density at radius 3 is 0.889 bits per heavy atom. The third kappa shape index (κ3) is 2.53. The molecule has 0 radical (unpaired) electrons. The van der Waals surface area contributed by atoms with Crippen molar-refractivity contribution in [1.82, 2.24) is 0 Å². The monoisotopic (exact) mass is 296 g/mol. The van der Waals surface area contributed by atoms with E-state index in [9.17, 15) is 0 Å². The van der Waals surface area contributed by atoms with Gasteiger partial charge in [0.15, 0.2) is 0 Å². The molecule has 56 valence electrons. The molecular weight excluding hydrogens is 275 g/mol. The first kappa shape index (κ1) is 9.87. The molecule has 0 N–H and O–H groups in total. The van der Waals surface area contributed by atoms with E-state index in [1.165, 1.54) is 0 Å². The van der Waals surface area contributed by atoms with Gasteiger partial charge in [0.1, 0.15) is 0 Å². The molecule has 9 heavy (non-hydrogen) atoms. The second kappa shape index (κ2) is 4.65. The van der Waals surface area contributed by atoms with Gasteiger partial charge in [0.05, 0.1) is 0 Å². The van der Waals surface area contributed by atoms with Gasteiger partial charge in [-0.2, -0.15) is 0 Å². The molecule has 0 aromatic carbocycles. The Labute approximate surface area is 64.4 Å². The molecule has 0 nitrogen and oxygen atoms in total. The van der Waals surface area contributed by atoms with Gasteiger partial charge >= 0.3 is 64.4 Å². The molecular formula is C8H20Hf. The number of hydrogen-bond donors (Lipinski definition) is 0. The fourth-order valence-electron chi connectivity index (χ4n) is 1.50. The summed E-state index contributed by atoms with van der Waals surface area (Å²) < 4.78 is 6.26. The van der Waals surface area contributed by atoms with Gasteiger partial charge in [-0.1, -0.05) is 0 Å². The molecule has 0 saturated heterocycles. The van der Waals surface area contributed by atoms with Crippen LogP contribution < -0.4 is 0 Å². The van der Waals surface area contributed by atoms with Crippen molar-refractivity contribution in [2.24, 2.45) is 0 Å². The van der Waals surface area contributed by atoms with E-state index in [0.717, 1.165) is 0 Å². The Morgan fingerprint density at radius 1 is 0.667 bits per heavy atom. The van der Waals surface area contributed by atoms with Crippen molar-refractivity contribution >= 4 is 0 Å². The van der Waals surface area contributed by atoms with Crippen molar-refractivity contribution < 1.29 is 20.0 Å². The zero-order valence-electron chi connectivity index (χ0n) is 7.33. The third-order valence-electron chi connectivity index (χ3n) is 3.00. The fraction of sp³-hybridized carbons (Fsp3) is 1.00. The van der Waals surface area contributed by atoms with Crippen molar-refractivity contribution in [1.29, 1.82) is 0 Å². The van der Waals surface area contributed by atoms with Crippen LogP contribution in [0.3, 0.4) is 0 Å². The van der Waals surface area contributed by atoms with E-state index < -0.39 is 20.0 Å². The Kier molecular flexibility index (Phi) is 5.10. The summed E-state index contributed by atoms with van der Waals surface area (Å²) >= 11 is -1.51. The van der Waals surface area contributed by atoms with Gasteiger partial charge in [0.25, 0.3) is 0 Å². The van der Waals surface area contributed by atoms with Crippen molar-refractivity contribution in [2.75, 3.05) is 0 Å². The average molecular weight is 295 g/mol. The van der Waals surface area contributed by atoms with Crippen LogP contribution in [-0.4, -0.2) is 0 Å². The molecule has 0 fully saturated rings. The molecule has 0 heterocycles. The zero-order chi connectivity index (χ0) is 7.33. The molecule has 1 heteroatoms. The molecule has 0 atom stereocenters. The summed E-state index contributed by atoms with van der Waals surface area (Å²) in [5.41, 5.74) is 0. The molecule has 0 rings (SSSR count). The SMILES string of the molecule is C[CH2][Hf]([CH2]C)([CH2]C)[CH2]C. The van der Waals surface area contributed by atoms with E-state index in [0.29, 0.717) is 0 Å². The van der Waals surface area contributed by atoms with Gasteiger partial charge in [0, 0.05) is 0 Å². The summed E-state index contributed by atoms with van der Waals surface area (Å²) in [6, 6.07) is 0. The molecule has 0 aromatic heterocycles. The molecule has 0 aliphatic rings. The summed E-state index contributed by atoms with van der Waals surface area (Å²) in [4.78, 5) is 0. The van der Waals surface area contributed by atoms with Crippen LogP contribution in [0.5, 0.6) is 0 Å². The van der Waals surface area contributed by atoms with Gasteiger partial charge in [-0.15, -0.1) is 0 Å². The summed E-state index contributed by atoms with van der Waals surface area (Å²) in [5.74, 6) is 0. The number of rotatable bonds is 4. The van der Waals surface area contributed by atoms with E-state index in [1.54, 1.807) is 16.7 Å². The van der Waals surface area contributed by atoms with Crippen molar-refractivity contribution in [2.45, 2.75) is 44.4 Å². The van der Waals surface area contributed by atoms with Crippen LogP contribution >= 0.6 is 0 Å². The zero-order valence-corrected chi connectivity index (χ0v) is 10.9. The quantitative estimate of drug-likeness (QED) is 0.690. The Hall–Kier alpha value is 0.870. The topological polar surface area (TPSA) is 0 Å². The van der Waals surface area contributed by atoms with Crippen LogP contribution in [-0.2, 0) is 20.0 Å². The van der Waals surface area contributed by atoms with Gasteiger partial charge in [-0.25, -0.2) is 0 Å². The Morgan fingerprint density at radius 2 is 0.889 bits per heavy atom. The molecule has 0 saturated carbocycles. The van der Waals surface area contributed by atoms with Crippen LogP contribution in [0.25, 0.3) is 0 Å². The predicted octanol–water partition coefficient (Wildman–Crippen LogP) is 3.89. The van der Waals surface area contributed by atoms with Crippen molar-refractivity contribution in [3.63, 3.8) is 0 Å². The molecule has 0 amide bonds. The standard InChI is InChI=1S/4C2H5.Hf/c4*1-2;/h4*1H2,2H3;. The van der Waals surface area contributed by atoms with Crippen LogP contribution in [0.4, 0.5) is 0 Å². The van der Waals surface area contributed by atoms with Crippen LogP contribution in [0.15, 0.2) is 0 Å². The molecule has 0 unspecified atom stereocenters. The molecule has 0 bridgehead atoms. The second-order valence-electron chi connectivity index (χ2n) is 2.91. The number of hydrogen-bond acceptors (Lipinski definition) is 0. The minimum absolute atomic E-state index is 1.51. The maximum atomic E-state index is 2.40. The first-order valence-electron chi connectivity index (χ1n) is 4.24. The summed E-state index contributed by atoms with van der Waals surface area (Å²) in [6.45, 7) is 9.60. The fourth-order valence-corrected chi connectivity index (χ4v) is 12.3. The second-order valence-corrected chi connectivity index (χ2v) is 23.9. The van der Waals surface area contributed by atoms with E-state index in [1.807, 2.05) is 0 Å². The van der Waals surface area contributed by atoms with Crippen LogP contribution in [0.1, 0.15) is 27.7 Å². The van der Waals surface area contributed by atoms with Gasteiger partial charge in [0.2, 0.25) is 0 Å². The van der Waals surface area contributed by atoms with Gasteiger partial charge in [-0.3, -0.25) is 0 Å². The molecule has 0 aromatic rings. The Bertz CT molecular complexity index is 47.5. The van der Waals surface area contributed by atoms with E-state index in [4.69, 9.17) is 0 Å². The van der Waals surface area contributed by atoms with Crippen LogP contribution in [0.2, 0.25) is 16.7 Å². The molecule has 0 aliphatic carbocycles. The average Bonchev–Trinajstić information content (AvgIpc) is 1.95.